The molecule has 0 saturated carbocycles. The Labute approximate surface area is 186 Å². The average molecular weight is 449 g/mol. The van der Waals surface area contributed by atoms with Crippen molar-refractivity contribution in [1.82, 2.24) is 10.6 Å². The quantitative estimate of drug-likeness (QED) is 0.400. The summed E-state index contributed by atoms with van der Waals surface area (Å²) in [6.45, 7) is 4.29. The van der Waals surface area contributed by atoms with Gasteiger partial charge in [0.1, 0.15) is 0 Å². The number of amides is 1. The van der Waals surface area contributed by atoms with Crippen molar-refractivity contribution in [3.8, 4) is 0 Å². The summed E-state index contributed by atoms with van der Waals surface area (Å²) < 4.78 is 38.0. The van der Waals surface area contributed by atoms with Gasteiger partial charge in [0.15, 0.2) is 0 Å². The van der Waals surface area contributed by atoms with Crippen LogP contribution in [-0.4, -0.2) is 23.6 Å². The lowest BCUT2D eigenvalue weighted by Crippen LogP contribution is -2.24. The summed E-state index contributed by atoms with van der Waals surface area (Å²) in [5.74, 6) is -0.0967. The number of halogens is 3. The molecule has 0 saturated heterocycles. The van der Waals surface area contributed by atoms with E-state index in [4.69, 9.17) is 12.2 Å². The van der Waals surface area contributed by atoms with Crippen molar-refractivity contribution < 1.29 is 18.0 Å². The maximum atomic E-state index is 12.7. The molecule has 0 radical (unpaired) electrons. The van der Waals surface area contributed by atoms with Gasteiger partial charge in [-0.2, -0.15) is 13.2 Å². The Morgan fingerprint density at radius 1 is 1.13 bits per heavy atom. The molecule has 0 bridgehead atoms. The fraction of sp³-hybridized carbons (Fsp3) is 0.333. The fourth-order valence-electron chi connectivity index (χ4n) is 3.00. The van der Waals surface area contributed by atoms with Gasteiger partial charge in [-0.15, -0.1) is 0 Å². The molecule has 1 aliphatic carbocycles. The molecular formula is C24H27F3N2OS. The summed E-state index contributed by atoms with van der Waals surface area (Å²) in [6, 6.07) is 7.82. The molecule has 7 heteroatoms. The number of thiocarbonyl (C=S) groups is 1. The molecule has 0 aromatic heterocycles. The van der Waals surface area contributed by atoms with Crippen molar-refractivity contribution in [2.75, 3.05) is 6.54 Å². The Morgan fingerprint density at radius 3 is 2.42 bits per heavy atom. The molecule has 2 N–H and O–H groups in total. The molecular weight excluding hydrogens is 421 g/mol. The summed E-state index contributed by atoms with van der Waals surface area (Å²) in [6.07, 6.45) is 4.92. The van der Waals surface area contributed by atoms with Crippen LogP contribution in [0.4, 0.5) is 13.2 Å². The predicted octanol–water partition coefficient (Wildman–Crippen LogP) is 5.63. The number of carbonyl (C=O) groups excluding carboxylic acids is 1. The summed E-state index contributed by atoms with van der Waals surface area (Å²) in [5.41, 5.74) is 3.16. The average Bonchev–Trinajstić information content (AvgIpc) is 2.71. The largest absolute Gasteiger partial charge is 0.412 e. The van der Waals surface area contributed by atoms with E-state index in [1.165, 1.54) is 6.08 Å². The summed E-state index contributed by atoms with van der Waals surface area (Å²) >= 11 is 5.28. The molecule has 3 nitrogen and oxygen atoms in total. The highest BCUT2D eigenvalue weighted by Gasteiger charge is 2.33. The van der Waals surface area contributed by atoms with E-state index in [1.54, 1.807) is 12.2 Å². The SMILES string of the molecule is C/C=C(\C=C/CNC(=S)CC1=CC=C(C(F)(F)F)CC1)NC(=O)Cc1ccc(C)cc1. The first-order valence-corrected chi connectivity index (χ1v) is 10.5. The topological polar surface area (TPSA) is 41.1 Å². The number of aryl methyl sites for hydroxylation is 1. The Kier molecular flexibility index (Phi) is 9.24. The molecule has 1 aliphatic rings. The maximum Gasteiger partial charge on any atom is 0.412 e. The number of allylic oxidation sites excluding steroid dienone is 5. The Bertz CT molecular complexity index is 910. The van der Waals surface area contributed by atoms with E-state index in [0.717, 1.165) is 22.8 Å². The van der Waals surface area contributed by atoms with Crippen LogP contribution in [0.3, 0.4) is 0 Å². The van der Waals surface area contributed by atoms with Gasteiger partial charge in [-0.3, -0.25) is 4.79 Å². The van der Waals surface area contributed by atoms with E-state index >= 15 is 0 Å². The van der Waals surface area contributed by atoms with E-state index in [1.807, 2.05) is 44.2 Å². The fourth-order valence-corrected chi connectivity index (χ4v) is 3.27. The monoisotopic (exact) mass is 448 g/mol. The third-order valence-electron chi connectivity index (χ3n) is 4.78. The number of carbonyl (C=O) groups is 1. The maximum absolute atomic E-state index is 12.7. The normalized spacial score (nSPS) is 14.8. The van der Waals surface area contributed by atoms with E-state index in [2.05, 4.69) is 10.6 Å². The first kappa shape index (κ1) is 24.6. The van der Waals surface area contributed by atoms with E-state index in [9.17, 15) is 18.0 Å². The molecule has 31 heavy (non-hydrogen) atoms. The van der Waals surface area contributed by atoms with Crippen LogP contribution in [0.2, 0.25) is 0 Å². The van der Waals surface area contributed by atoms with Gasteiger partial charge < -0.3 is 10.6 Å². The second-order valence-electron chi connectivity index (χ2n) is 7.35. The first-order chi connectivity index (χ1) is 14.7. The Balaban J connectivity index is 1.74. The number of benzene rings is 1. The highest BCUT2D eigenvalue weighted by molar-refractivity contribution is 7.80. The number of rotatable bonds is 8. The third kappa shape index (κ3) is 8.92. The number of hydrogen-bond acceptors (Lipinski definition) is 2. The number of nitrogens with one attached hydrogen (secondary N) is 2. The van der Waals surface area contributed by atoms with Gasteiger partial charge in [0.2, 0.25) is 5.91 Å². The minimum atomic E-state index is -4.26. The van der Waals surface area contributed by atoms with Crippen molar-refractivity contribution in [3.63, 3.8) is 0 Å². The summed E-state index contributed by atoms with van der Waals surface area (Å²) in [4.78, 5) is 12.8. The highest BCUT2D eigenvalue weighted by atomic mass is 32.1. The molecule has 1 aromatic rings. The van der Waals surface area contributed by atoms with Gasteiger partial charge in [0.05, 0.1) is 11.4 Å². The number of alkyl halides is 3. The lowest BCUT2D eigenvalue weighted by molar-refractivity contribution is -0.119. The van der Waals surface area contributed by atoms with Crippen LogP contribution in [0.15, 0.2) is 71.5 Å². The van der Waals surface area contributed by atoms with Crippen molar-refractivity contribution in [2.45, 2.75) is 45.7 Å². The standard InChI is InChI=1S/C24H27F3N2OS/c1-3-21(29-22(30)15-18-8-6-17(2)7-9-18)5-4-14-28-23(31)16-19-10-12-20(13-11-19)24(25,26)27/h3-10,12H,11,13-16H2,1-2H3,(H,28,31)(H,29,30)/b5-4-,21-3+. The van der Waals surface area contributed by atoms with E-state index in [0.29, 0.717) is 36.5 Å². The van der Waals surface area contributed by atoms with Gasteiger partial charge in [-0.05, 0) is 38.3 Å². The van der Waals surface area contributed by atoms with Crippen molar-refractivity contribution in [1.29, 1.82) is 0 Å². The zero-order valence-corrected chi connectivity index (χ0v) is 18.5. The molecule has 2 rings (SSSR count). The van der Waals surface area contributed by atoms with Crippen molar-refractivity contribution in [2.24, 2.45) is 0 Å². The van der Waals surface area contributed by atoms with Crippen LogP contribution in [0.25, 0.3) is 0 Å². The minimum Gasteiger partial charge on any atom is -0.376 e. The molecule has 1 aromatic carbocycles. The van der Waals surface area contributed by atoms with E-state index < -0.39 is 11.7 Å². The molecule has 166 valence electrons. The second-order valence-corrected chi connectivity index (χ2v) is 7.85. The molecule has 0 fully saturated rings. The third-order valence-corrected chi connectivity index (χ3v) is 5.07. The van der Waals surface area contributed by atoms with Crippen LogP contribution < -0.4 is 10.6 Å². The number of hydrogen-bond donors (Lipinski definition) is 2. The van der Waals surface area contributed by atoms with Crippen LogP contribution in [0, 0.1) is 6.92 Å². The van der Waals surface area contributed by atoms with Gasteiger partial charge in [0.25, 0.3) is 0 Å². The lowest BCUT2D eigenvalue weighted by Gasteiger charge is -2.17. The first-order valence-electron chi connectivity index (χ1n) is 10.1. The van der Waals surface area contributed by atoms with Crippen LogP contribution in [-0.2, 0) is 11.2 Å². The zero-order valence-electron chi connectivity index (χ0n) is 17.7. The predicted molar refractivity (Wildman–Crippen MR) is 123 cm³/mol. The van der Waals surface area contributed by atoms with Gasteiger partial charge >= 0.3 is 6.18 Å². The molecule has 0 unspecified atom stereocenters. The zero-order chi connectivity index (χ0) is 22.9. The van der Waals surface area contributed by atoms with Crippen molar-refractivity contribution >= 4 is 23.1 Å². The van der Waals surface area contributed by atoms with Crippen LogP contribution in [0.1, 0.15) is 37.3 Å². The van der Waals surface area contributed by atoms with Crippen molar-refractivity contribution in [3.05, 3.63) is 82.6 Å². The molecule has 0 heterocycles. The minimum absolute atomic E-state index is 0.00914. The van der Waals surface area contributed by atoms with Gasteiger partial charge in [0, 0.05) is 24.2 Å². The highest BCUT2D eigenvalue weighted by Crippen LogP contribution is 2.33. The van der Waals surface area contributed by atoms with Crippen LogP contribution in [0.5, 0.6) is 0 Å². The molecule has 0 aliphatic heterocycles. The van der Waals surface area contributed by atoms with Gasteiger partial charge in [-0.25, -0.2) is 0 Å². The summed E-state index contributed by atoms with van der Waals surface area (Å²) in [5, 5.41) is 5.94. The molecule has 1 amide bonds. The van der Waals surface area contributed by atoms with Gasteiger partial charge in [-0.1, -0.05) is 71.9 Å². The smallest absolute Gasteiger partial charge is 0.376 e. The lowest BCUT2D eigenvalue weighted by atomic mass is 9.96. The molecule has 0 spiro atoms. The van der Waals surface area contributed by atoms with E-state index in [-0.39, 0.29) is 12.3 Å². The molecule has 0 atom stereocenters. The second kappa shape index (κ2) is 11.6. The Morgan fingerprint density at radius 2 is 1.84 bits per heavy atom. The van der Waals surface area contributed by atoms with Crippen LogP contribution >= 0.6 is 12.2 Å². The Hall–Kier alpha value is -2.67. The summed E-state index contributed by atoms with van der Waals surface area (Å²) in [7, 11) is 0.